The lowest BCUT2D eigenvalue weighted by Gasteiger charge is -2.10. The zero-order valence-corrected chi connectivity index (χ0v) is 14.9. The molecule has 0 aliphatic carbocycles. The molecule has 0 amide bonds. The van der Waals surface area contributed by atoms with Crippen LogP contribution < -0.4 is 10.6 Å². The van der Waals surface area contributed by atoms with Crippen LogP contribution in [0.25, 0.3) is 0 Å². The molecule has 7 heteroatoms. The van der Waals surface area contributed by atoms with E-state index in [0.717, 1.165) is 50.9 Å². The minimum Gasteiger partial charge on any atom is -0.382 e. The number of unbranched alkanes of at least 4 members (excludes halogenated alkanes) is 1. The van der Waals surface area contributed by atoms with E-state index in [1.54, 1.807) is 0 Å². The summed E-state index contributed by atoms with van der Waals surface area (Å²) in [4.78, 5) is 8.91. The van der Waals surface area contributed by atoms with Gasteiger partial charge in [-0.3, -0.25) is 4.99 Å². The zero-order valence-electron chi connectivity index (χ0n) is 14.9. The van der Waals surface area contributed by atoms with Crippen molar-refractivity contribution in [1.82, 2.24) is 20.8 Å². The fraction of sp³-hybridized carbons (Fsp3) is 0.812. The third kappa shape index (κ3) is 8.54. The number of aromatic nitrogens is 2. The molecule has 0 saturated carbocycles. The van der Waals surface area contributed by atoms with Gasteiger partial charge in [0.2, 0.25) is 5.89 Å². The summed E-state index contributed by atoms with van der Waals surface area (Å²) in [7, 11) is 0. The molecule has 0 unspecified atom stereocenters. The number of rotatable bonds is 11. The quantitative estimate of drug-likeness (QED) is 0.368. The van der Waals surface area contributed by atoms with Crippen LogP contribution in [0.4, 0.5) is 0 Å². The topological polar surface area (TPSA) is 84.6 Å². The Morgan fingerprint density at radius 2 is 2.09 bits per heavy atom. The number of nitrogens with one attached hydrogen (secondary N) is 2. The van der Waals surface area contributed by atoms with E-state index in [4.69, 9.17) is 9.26 Å². The molecule has 0 radical (unpaired) electrons. The molecule has 2 N–H and O–H groups in total. The highest BCUT2D eigenvalue weighted by molar-refractivity contribution is 5.79. The molecular weight excluding hydrogens is 294 g/mol. The first-order valence-electron chi connectivity index (χ1n) is 8.59. The Kier molecular flexibility index (Phi) is 10.0. The highest BCUT2D eigenvalue weighted by atomic mass is 16.5. The van der Waals surface area contributed by atoms with E-state index < -0.39 is 0 Å². The van der Waals surface area contributed by atoms with Gasteiger partial charge in [0.1, 0.15) is 0 Å². The van der Waals surface area contributed by atoms with Crippen molar-refractivity contribution in [3.63, 3.8) is 0 Å². The average Bonchev–Trinajstić information content (AvgIpc) is 3.00. The molecule has 23 heavy (non-hydrogen) atoms. The summed E-state index contributed by atoms with van der Waals surface area (Å²) in [5, 5.41) is 10.5. The molecule has 0 saturated heterocycles. The molecule has 0 aliphatic rings. The first-order valence-corrected chi connectivity index (χ1v) is 8.59. The van der Waals surface area contributed by atoms with Crippen LogP contribution in [0.3, 0.4) is 0 Å². The molecule has 1 aromatic rings. The van der Waals surface area contributed by atoms with Gasteiger partial charge in [-0.1, -0.05) is 19.0 Å². The third-order valence-electron chi connectivity index (χ3n) is 3.15. The van der Waals surface area contributed by atoms with Gasteiger partial charge in [-0.2, -0.15) is 4.98 Å². The number of hydrogen-bond donors (Lipinski definition) is 2. The van der Waals surface area contributed by atoms with Crippen LogP contribution in [0.15, 0.2) is 9.52 Å². The molecule has 1 heterocycles. The SMILES string of the molecule is CCNC(=NCCCCOCC)NCCc1nc(C(C)C)no1. The summed E-state index contributed by atoms with van der Waals surface area (Å²) < 4.78 is 10.5. The molecule has 1 rings (SSSR count). The van der Waals surface area contributed by atoms with E-state index in [0.29, 0.717) is 18.9 Å². The van der Waals surface area contributed by atoms with Crippen molar-refractivity contribution in [2.45, 2.75) is 52.9 Å². The van der Waals surface area contributed by atoms with Crippen molar-refractivity contribution >= 4 is 5.96 Å². The summed E-state index contributed by atoms with van der Waals surface area (Å²) in [6.07, 6.45) is 2.75. The van der Waals surface area contributed by atoms with Gasteiger partial charge >= 0.3 is 0 Å². The standard InChI is InChI=1S/C16H31N5O2/c1-5-17-16(18-10-7-8-12-22-6-2)19-11-9-14-20-15(13(3)4)21-23-14/h13H,5-12H2,1-4H3,(H2,17,18,19). The summed E-state index contributed by atoms with van der Waals surface area (Å²) >= 11 is 0. The first-order chi connectivity index (χ1) is 11.2. The highest BCUT2D eigenvalue weighted by Gasteiger charge is 2.09. The molecule has 7 nitrogen and oxygen atoms in total. The van der Waals surface area contributed by atoms with Crippen molar-refractivity contribution in [1.29, 1.82) is 0 Å². The number of hydrogen-bond acceptors (Lipinski definition) is 5. The van der Waals surface area contributed by atoms with E-state index in [1.165, 1.54) is 0 Å². The molecule has 0 aliphatic heterocycles. The fourth-order valence-electron chi connectivity index (χ4n) is 1.88. The monoisotopic (exact) mass is 325 g/mol. The lowest BCUT2D eigenvalue weighted by atomic mass is 10.2. The van der Waals surface area contributed by atoms with Crippen LogP contribution in [0, 0.1) is 0 Å². The largest absolute Gasteiger partial charge is 0.382 e. The number of ether oxygens (including phenoxy) is 1. The smallest absolute Gasteiger partial charge is 0.228 e. The van der Waals surface area contributed by atoms with Crippen molar-refractivity contribution in [2.24, 2.45) is 4.99 Å². The maximum Gasteiger partial charge on any atom is 0.228 e. The Bertz CT molecular complexity index is 445. The van der Waals surface area contributed by atoms with Crippen LogP contribution in [-0.2, 0) is 11.2 Å². The molecular formula is C16H31N5O2. The lowest BCUT2D eigenvalue weighted by molar-refractivity contribution is 0.144. The molecule has 132 valence electrons. The van der Waals surface area contributed by atoms with Crippen molar-refractivity contribution in [2.75, 3.05) is 32.8 Å². The summed E-state index contributed by atoms with van der Waals surface area (Å²) in [6, 6.07) is 0. The maximum atomic E-state index is 5.32. The van der Waals surface area contributed by atoms with Crippen LogP contribution >= 0.6 is 0 Å². The normalized spacial score (nSPS) is 12.0. The molecule has 0 aromatic carbocycles. The van der Waals surface area contributed by atoms with Gasteiger partial charge in [0.15, 0.2) is 11.8 Å². The predicted octanol–water partition coefficient (Wildman–Crippen LogP) is 2.11. The van der Waals surface area contributed by atoms with E-state index in [2.05, 4.69) is 32.7 Å². The Morgan fingerprint density at radius 1 is 1.26 bits per heavy atom. The summed E-state index contributed by atoms with van der Waals surface area (Å²) in [5.41, 5.74) is 0. The predicted molar refractivity (Wildman–Crippen MR) is 91.8 cm³/mol. The van der Waals surface area contributed by atoms with Gasteiger partial charge in [0.05, 0.1) is 0 Å². The van der Waals surface area contributed by atoms with Gasteiger partial charge < -0.3 is 19.9 Å². The first kappa shape index (κ1) is 19.4. The summed E-state index contributed by atoms with van der Waals surface area (Å²) in [6.45, 7) is 12.1. The fourth-order valence-corrected chi connectivity index (χ4v) is 1.88. The number of nitrogens with zero attached hydrogens (tertiary/aromatic N) is 3. The third-order valence-corrected chi connectivity index (χ3v) is 3.15. The second-order valence-electron chi connectivity index (χ2n) is 5.54. The van der Waals surface area contributed by atoms with Crippen molar-refractivity contribution in [3.8, 4) is 0 Å². The Morgan fingerprint density at radius 3 is 2.74 bits per heavy atom. The molecule has 0 bridgehead atoms. The maximum absolute atomic E-state index is 5.32. The van der Waals surface area contributed by atoms with E-state index in [1.807, 2.05) is 20.8 Å². The molecule has 1 aromatic heterocycles. The summed E-state index contributed by atoms with van der Waals surface area (Å²) in [5.74, 6) is 2.53. The second kappa shape index (κ2) is 11.9. The molecule has 0 spiro atoms. The lowest BCUT2D eigenvalue weighted by Crippen LogP contribution is -2.38. The van der Waals surface area contributed by atoms with Crippen molar-refractivity contribution in [3.05, 3.63) is 11.7 Å². The van der Waals surface area contributed by atoms with E-state index >= 15 is 0 Å². The van der Waals surface area contributed by atoms with Gasteiger partial charge in [0, 0.05) is 45.2 Å². The van der Waals surface area contributed by atoms with E-state index in [-0.39, 0.29) is 5.92 Å². The minimum absolute atomic E-state index is 0.288. The minimum atomic E-state index is 0.288. The van der Waals surface area contributed by atoms with Gasteiger partial charge in [-0.25, -0.2) is 0 Å². The Hall–Kier alpha value is -1.63. The van der Waals surface area contributed by atoms with E-state index in [9.17, 15) is 0 Å². The van der Waals surface area contributed by atoms with Crippen LogP contribution in [-0.4, -0.2) is 48.9 Å². The number of guanidine groups is 1. The van der Waals surface area contributed by atoms with Gasteiger partial charge in [-0.05, 0) is 26.7 Å². The Labute approximate surface area is 139 Å². The molecule has 0 atom stereocenters. The zero-order chi connectivity index (χ0) is 16.9. The van der Waals surface area contributed by atoms with Crippen LogP contribution in [0.5, 0.6) is 0 Å². The van der Waals surface area contributed by atoms with Crippen LogP contribution in [0.1, 0.15) is 58.2 Å². The average molecular weight is 325 g/mol. The van der Waals surface area contributed by atoms with Gasteiger partial charge in [-0.15, -0.1) is 0 Å². The number of aliphatic imine (C=N–C) groups is 1. The van der Waals surface area contributed by atoms with Crippen LogP contribution in [0.2, 0.25) is 0 Å². The second-order valence-corrected chi connectivity index (χ2v) is 5.54. The van der Waals surface area contributed by atoms with Crippen molar-refractivity contribution < 1.29 is 9.26 Å². The Balaban J connectivity index is 2.28. The molecule has 0 fully saturated rings. The highest BCUT2D eigenvalue weighted by Crippen LogP contribution is 2.09. The van der Waals surface area contributed by atoms with Gasteiger partial charge in [0.25, 0.3) is 0 Å².